The van der Waals surface area contributed by atoms with Crippen molar-refractivity contribution in [1.82, 2.24) is 10.3 Å². The summed E-state index contributed by atoms with van der Waals surface area (Å²) in [6.07, 6.45) is 1.67. The molecule has 1 unspecified atom stereocenters. The summed E-state index contributed by atoms with van der Waals surface area (Å²) in [6, 6.07) is 3.67. The zero-order chi connectivity index (χ0) is 14.3. The molecular formula is C14H22N2O3. The zero-order valence-corrected chi connectivity index (χ0v) is 12.0. The van der Waals surface area contributed by atoms with Gasteiger partial charge in [0, 0.05) is 25.9 Å². The summed E-state index contributed by atoms with van der Waals surface area (Å²) in [5.74, 6) is 0.0722. The SMILES string of the molecule is COCC(NCc1ncccc1C(=O)OC)C(C)C. The van der Waals surface area contributed by atoms with Crippen LogP contribution in [0.4, 0.5) is 0 Å². The van der Waals surface area contributed by atoms with Crippen molar-refractivity contribution in [2.75, 3.05) is 20.8 Å². The summed E-state index contributed by atoms with van der Waals surface area (Å²) in [4.78, 5) is 15.9. The van der Waals surface area contributed by atoms with Gasteiger partial charge >= 0.3 is 5.97 Å². The minimum Gasteiger partial charge on any atom is -0.465 e. The quantitative estimate of drug-likeness (QED) is 0.760. The van der Waals surface area contributed by atoms with Gasteiger partial charge in [-0.15, -0.1) is 0 Å². The molecule has 1 atom stereocenters. The second-order valence-electron chi connectivity index (χ2n) is 4.68. The van der Waals surface area contributed by atoms with Crippen LogP contribution in [0.3, 0.4) is 0 Å². The molecule has 0 aliphatic carbocycles. The van der Waals surface area contributed by atoms with E-state index in [0.717, 1.165) is 0 Å². The fourth-order valence-electron chi connectivity index (χ4n) is 1.77. The molecule has 19 heavy (non-hydrogen) atoms. The fourth-order valence-corrected chi connectivity index (χ4v) is 1.77. The lowest BCUT2D eigenvalue weighted by atomic mass is 10.0. The third-order valence-electron chi connectivity index (χ3n) is 2.98. The van der Waals surface area contributed by atoms with Crippen molar-refractivity contribution in [3.63, 3.8) is 0 Å². The Balaban J connectivity index is 2.73. The number of aromatic nitrogens is 1. The van der Waals surface area contributed by atoms with Crippen LogP contribution >= 0.6 is 0 Å². The fraction of sp³-hybridized carbons (Fsp3) is 0.571. The third kappa shape index (κ3) is 4.61. The van der Waals surface area contributed by atoms with E-state index in [0.29, 0.717) is 30.3 Å². The molecule has 0 spiro atoms. The Labute approximate surface area is 114 Å². The maximum absolute atomic E-state index is 11.6. The van der Waals surface area contributed by atoms with Crippen LogP contribution in [0.1, 0.15) is 29.9 Å². The molecule has 1 N–H and O–H groups in total. The van der Waals surface area contributed by atoms with E-state index in [9.17, 15) is 4.79 Å². The van der Waals surface area contributed by atoms with Gasteiger partial charge in [0.05, 0.1) is 25.0 Å². The number of nitrogens with one attached hydrogen (secondary N) is 1. The van der Waals surface area contributed by atoms with Gasteiger partial charge in [0.25, 0.3) is 0 Å². The molecule has 5 heteroatoms. The van der Waals surface area contributed by atoms with E-state index in [-0.39, 0.29) is 12.0 Å². The lowest BCUT2D eigenvalue weighted by Crippen LogP contribution is -2.37. The molecule has 1 rings (SSSR count). The van der Waals surface area contributed by atoms with E-state index in [2.05, 4.69) is 24.1 Å². The number of nitrogens with zero attached hydrogens (tertiary/aromatic N) is 1. The van der Waals surface area contributed by atoms with Crippen molar-refractivity contribution in [2.24, 2.45) is 5.92 Å². The second kappa shape index (κ2) is 7.86. The Morgan fingerprint density at radius 3 is 2.74 bits per heavy atom. The summed E-state index contributed by atoms with van der Waals surface area (Å²) in [7, 11) is 3.05. The largest absolute Gasteiger partial charge is 0.465 e. The minimum atomic E-state index is -0.363. The van der Waals surface area contributed by atoms with Crippen LogP contribution in [0.15, 0.2) is 18.3 Å². The molecule has 106 valence electrons. The summed E-state index contributed by atoms with van der Waals surface area (Å²) in [6.45, 7) is 5.38. The molecule has 0 amide bonds. The van der Waals surface area contributed by atoms with Crippen molar-refractivity contribution < 1.29 is 14.3 Å². The lowest BCUT2D eigenvalue weighted by Gasteiger charge is -2.21. The summed E-state index contributed by atoms with van der Waals surface area (Å²) in [5.41, 5.74) is 1.19. The second-order valence-corrected chi connectivity index (χ2v) is 4.68. The minimum absolute atomic E-state index is 0.220. The van der Waals surface area contributed by atoms with Crippen LogP contribution in [0.25, 0.3) is 0 Å². The molecule has 0 aliphatic heterocycles. The summed E-state index contributed by atoms with van der Waals surface area (Å²) in [5, 5.41) is 3.36. The predicted octanol–water partition coefficient (Wildman–Crippen LogP) is 1.63. The van der Waals surface area contributed by atoms with E-state index < -0.39 is 0 Å². The molecule has 0 saturated heterocycles. The van der Waals surface area contributed by atoms with Gasteiger partial charge in [-0.3, -0.25) is 4.98 Å². The van der Waals surface area contributed by atoms with E-state index in [1.54, 1.807) is 25.4 Å². The molecule has 0 aromatic carbocycles. The van der Waals surface area contributed by atoms with E-state index in [1.165, 1.54) is 7.11 Å². The average molecular weight is 266 g/mol. The first-order chi connectivity index (χ1) is 9.10. The maximum Gasteiger partial charge on any atom is 0.339 e. The number of hydrogen-bond donors (Lipinski definition) is 1. The van der Waals surface area contributed by atoms with Crippen molar-refractivity contribution in [3.8, 4) is 0 Å². The van der Waals surface area contributed by atoms with Crippen molar-refractivity contribution in [3.05, 3.63) is 29.6 Å². The van der Waals surface area contributed by atoms with E-state index >= 15 is 0 Å². The Morgan fingerprint density at radius 2 is 2.16 bits per heavy atom. The number of methoxy groups -OCH3 is 2. The smallest absolute Gasteiger partial charge is 0.339 e. The number of esters is 1. The molecule has 0 fully saturated rings. The monoisotopic (exact) mass is 266 g/mol. The van der Waals surface area contributed by atoms with Crippen LogP contribution < -0.4 is 5.32 Å². The van der Waals surface area contributed by atoms with Gasteiger partial charge in [-0.05, 0) is 18.1 Å². The van der Waals surface area contributed by atoms with Gasteiger partial charge in [-0.1, -0.05) is 13.8 Å². The topological polar surface area (TPSA) is 60.5 Å². The number of carbonyl (C=O) groups excluding carboxylic acids is 1. The Bertz CT molecular complexity index is 407. The van der Waals surface area contributed by atoms with Gasteiger partial charge in [0.2, 0.25) is 0 Å². The molecule has 1 heterocycles. The van der Waals surface area contributed by atoms with Gasteiger partial charge in [-0.2, -0.15) is 0 Å². The van der Waals surface area contributed by atoms with E-state index in [1.807, 2.05) is 0 Å². The molecule has 0 bridgehead atoms. The first kappa shape index (κ1) is 15.6. The highest BCUT2D eigenvalue weighted by Crippen LogP contribution is 2.09. The van der Waals surface area contributed by atoms with E-state index in [4.69, 9.17) is 9.47 Å². The van der Waals surface area contributed by atoms with Crippen molar-refractivity contribution >= 4 is 5.97 Å². The highest BCUT2D eigenvalue weighted by molar-refractivity contribution is 5.90. The number of carbonyl (C=O) groups is 1. The van der Waals surface area contributed by atoms with Crippen molar-refractivity contribution in [1.29, 1.82) is 0 Å². The van der Waals surface area contributed by atoms with Gasteiger partial charge < -0.3 is 14.8 Å². The summed E-state index contributed by atoms with van der Waals surface area (Å²) >= 11 is 0. The van der Waals surface area contributed by atoms with Crippen LogP contribution in [-0.2, 0) is 16.0 Å². The first-order valence-corrected chi connectivity index (χ1v) is 6.34. The predicted molar refractivity (Wildman–Crippen MR) is 72.9 cm³/mol. The molecule has 1 aromatic rings. The van der Waals surface area contributed by atoms with Gasteiger partial charge in [0.15, 0.2) is 0 Å². The van der Waals surface area contributed by atoms with Crippen LogP contribution in [0.5, 0.6) is 0 Å². The van der Waals surface area contributed by atoms with Gasteiger partial charge in [-0.25, -0.2) is 4.79 Å². The highest BCUT2D eigenvalue weighted by Gasteiger charge is 2.16. The highest BCUT2D eigenvalue weighted by atomic mass is 16.5. The number of hydrogen-bond acceptors (Lipinski definition) is 5. The summed E-state index contributed by atoms with van der Waals surface area (Å²) < 4.78 is 9.93. The number of ether oxygens (including phenoxy) is 2. The molecule has 0 aliphatic rings. The lowest BCUT2D eigenvalue weighted by molar-refractivity contribution is 0.0598. The third-order valence-corrected chi connectivity index (χ3v) is 2.98. The van der Waals surface area contributed by atoms with Crippen LogP contribution in [-0.4, -0.2) is 37.8 Å². The molecule has 0 saturated carbocycles. The number of pyridine rings is 1. The van der Waals surface area contributed by atoms with Gasteiger partial charge in [0.1, 0.15) is 0 Å². The van der Waals surface area contributed by atoms with Crippen LogP contribution in [0, 0.1) is 5.92 Å². The standard InChI is InChI=1S/C14H22N2O3/c1-10(2)13(9-18-3)16-8-12-11(14(17)19-4)6-5-7-15-12/h5-7,10,13,16H,8-9H2,1-4H3. The average Bonchev–Trinajstić information content (AvgIpc) is 2.42. The number of rotatable bonds is 7. The first-order valence-electron chi connectivity index (χ1n) is 6.34. The Kier molecular flexibility index (Phi) is 6.45. The normalized spacial score (nSPS) is 12.5. The Morgan fingerprint density at radius 1 is 1.42 bits per heavy atom. The zero-order valence-electron chi connectivity index (χ0n) is 12.0. The molecule has 1 aromatic heterocycles. The molecule has 0 radical (unpaired) electrons. The molecule has 5 nitrogen and oxygen atoms in total. The van der Waals surface area contributed by atoms with Crippen molar-refractivity contribution in [2.45, 2.75) is 26.4 Å². The maximum atomic E-state index is 11.6. The molecular weight excluding hydrogens is 244 g/mol. The van der Waals surface area contributed by atoms with Crippen LogP contribution in [0.2, 0.25) is 0 Å². The Hall–Kier alpha value is -1.46.